The largest absolute Gasteiger partial charge is 0.415 e. The van der Waals surface area contributed by atoms with E-state index in [0.29, 0.717) is 13.1 Å². The lowest BCUT2D eigenvalue weighted by Gasteiger charge is -2.33. The van der Waals surface area contributed by atoms with Crippen LogP contribution in [0.2, 0.25) is 0 Å². The van der Waals surface area contributed by atoms with Gasteiger partial charge in [-0.2, -0.15) is 21.5 Å². The van der Waals surface area contributed by atoms with Crippen molar-refractivity contribution in [1.29, 1.82) is 0 Å². The zero-order valence-electron chi connectivity index (χ0n) is 16.7. The molecule has 0 unspecified atom stereocenters. The molecule has 0 amide bonds. The quantitative estimate of drug-likeness (QED) is 0.568. The number of piperazine rings is 1. The standard InChI is InChI=1S/C19H19F3N6O3S/c20-16-10-13(18-25-26-19(31-18)17(21)22)3-4-14(16)12-28(15-2-1-5-24-11-15)32(29,30)27-8-6-23-7-9-27/h1-5,10-11,17,23H,6-9,12H2. The number of rotatable bonds is 7. The summed E-state index contributed by atoms with van der Waals surface area (Å²) in [7, 11) is -3.96. The van der Waals surface area contributed by atoms with E-state index in [1.54, 1.807) is 12.1 Å². The Morgan fingerprint density at radius 3 is 2.59 bits per heavy atom. The Kier molecular flexibility index (Phi) is 6.39. The van der Waals surface area contributed by atoms with Crippen LogP contribution in [0.1, 0.15) is 17.9 Å². The van der Waals surface area contributed by atoms with Gasteiger partial charge in [0.1, 0.15) is 5.82 Å². The molecule has 1 aliphatic heterocycles. The van der Waals surface area contributed by atoms with E-state index in [1.807, 2.05) is 0 Å². The van der Waals surface area contributed by atoms with Gasteiger partial charge >= 0.3 is 16.6 Å². The van der Waals surface area contributed by atoms with E-state index in [0.717, 1.165) is 10.4 Å². The third-order valence-electron chi connectivity index (χ3n) is 4.86. The highest BCUT2D eigenvalue weighted by molar-refractivity contribution is 7.90. The molecule has 2 aromatic heterocycles. The Hall–Kier alpha value is -3.03. The monoisotopic (exact) mass is 468 g/mol. The molecule has 0 spiro atoms. The molecule has 1 fully saturated rings. The van der Waals surface area contributed by atoms with Gasteiger partial charge in [0.05, 0.1) is 18.4 Å². The molecule has 4 rings (SSSR count). The van der Waals surface area contributed by atoms with Crippen molar-refractivity contribution in [2.45, 2.75) is 13.0 Å². The normalized spacial score (nSPS) is 15.2. The Morgan fingerprint density at radius 2 is 1.97 bits per heavy atom. The Morgan fingerprint density at radius 1 is 1.19 bits per heavy atom. The Bertz CT molecular complexity index is 1170. The van der Waals surface area contributed by atoms with Crippen molar-refractivity contribution in [2.24, 2.45) is 0 Å². The van der Waals surface area contributed by atoms with Crippen molar-refractivity contribution in [3.05, 3.63) is 60.0 Å². The third kappa shape index (κ3) is 4.59. The van der Waals surface area contributed by atoms with Gasteiger partial charge < -0.3 is 9.73 Å². The average Bonchev–Trinajstić information content (AvgIpc) is 3.30. The van der Waals surface area contributed by atoms with Gasteiger partial charge in [-0.1, -0.05) is 6.07 Å². The van der Waals surface area contributed by atoms with Crippen LogP contribution in [0.3, 0.4) is 0 Å². The molecule has 1 N–H and O–H groups in total. The third-order valence-corrected chi connectivity index (χ3v) is 6.77. The highest BCUT2D eigenvalue weighted by atomic mass is 32.2. The lowest BCUT2D eigenvalue weighted by Crippen LogP contribution is -2.51. The molecule has 9 nitrogen and oxygen atoms in total. The first-order valence-corrected chi connectivity index (χ1v) is 11.0. The minimum absolute atomic E-state index is 0.0740. The number of hydrogen-bond donors (Lipinski definition) is 1. The van der Waals surface area contributed by atoms with Crippen LogP contribution in [0.5, 0.6) is 0 Å². The summed E-state index contributed by atoms with van der Waals surface area (Å²) in [6.07, 6.45) is -0.0494. The van der Waals surface area contributed by atoms with Crippen LogP contribution in [0.25, 0.3) is 11.5 Å². The van der Waals surface area contributed by atoms with Crippen molar-refractivity contribution < 1.29 is 26.0 Å². The first kappa shape index (κ1) is 22.2. The molecule has 0 bridgehead atoms. The zero-order valence-corrected chi connectivity index (χ0v) is 17.5. The van der Waals surface area contributed by atoms with E-state index < -0.39 is 28.3 Å². The lowest BCUT2D eigenvalue weighted by molar-refractivity contribution is 0.116. The molecule has 32 heavy (non-hydrogen) atoms. The van der Waals surface area contributed by atoms with Gasteiger partial charge in [0.25, 0.3) is 5.89 Å². The van der Waals surface area contributed by atoms with Gasteiger partial charge in [-0.15, -0.1) is 10.2 Å². The summed E-state index contributed by atoms with van der Waals surface area (Å²) in [5, 5.41) is 9.81. The van der Waals surface area contributed by atoms with Crippen molar-refractivity contribution in [1.82, 2.24) is 24.8 Å². The zero-order chi connectivity index (χ0) is 22.7. The number of hydrogen-bond acceptors (Lipinski definition) is 7. The first-order valence-electron chi connectivity index (χ1n) is 9.65. The number of benzene rings is 1. The first-order chi connectivity index (χ1) is 15.4. The predicted molar refractivity (Wildman–Crippen MR) is 108 cm³/mol. The number of pyridine rings is 1. The molecule has 0 atom stereocenters. The number of aromatic nitrogens is 3. The lowest BCUT2D eigenvalue weighted by atomic mass is 10.1. The van der Waals surface area contributed by atoms with Crippen molar-refractivity contribution >= 4 is 15.9 Å². The summed E-state index contributed by atoms with van der Waals surface area (Å²) < 4.78 is 74.1. The van der Waals surface area contributed by atoms with E-state index in [-0.39, 0.29) is 42.3 Å². The van der Waals surface area contributed by atoms with Crippen LogP contribution in [0.15, 0.2) is 47.1 Å². The molecule has 1 aromatic carbocycles. The van der Waals surface area contributed by atoms with Gasteiger partial charge in [-0.3, -0.25) is 9.29 Å². The van der Waals surface area contributed by atoms with Crippen LogP contribution in [-0.2, 0) is 16.8 Å². The summed E-state index contributed by atoms with van der Waals surface area (Å²) in [6, 6.07) is 6.96. The van der Waals surface area contributed by atoms with Crippen LogP contribution in [0.4, 0.5) is 18.9 Å². The van der Waals surface area contributed by atoms with E-state index in [2.05, 4.69) is 20.5 Å². The molecule has 3 heterocycles. The van der Waals surface area contributed by atoms with E-state index in [4.69, 9.17) is 4.42 Å². The smallest absolute Gasteiger partial charge is 0.314 e. The SMILES string of the molecule is O=S(=O)(N1CCNCC1)N(Cc1ccc(-c2nnc(C(F)F)o2)cc1F)c1cccnc1. The van der Waals surface area contributed by atoms with Crippen molar-refractivity contribution in [3.63, 3.8) is 0 Å². The fraction of sp³-hybridized carbons (Fsp3) is 0.316. The fourth-order valence-electron chi connectivity index (χ4n) is 3.22. The number of anilines is 1. The topological polar surface area (TPSA) is 104 Å². The number of halogens is 3. The summed E-state index contributed by atoms with van der Waals surface area (Å²) in [6.45, 7) is 1.28. The second kappa shape index (κ2) is 9.22. The molecular formula is C19H19F3N6O3S. The average molecular weight is 468 g/mol. The van der Waals surface area contributed by atoms with Gasteiger partial charge in [0, 0.05) is 43.5 Å². The summed E-state index contributed by atoms with van der Waals surface area (Å²) in [4.78, 5) is 3.98. The summed E-state index contributed by atoms with van der Waals surface area (Å²) >= 11 is 0. The number of nitrogens with one attached hydrogen (secondary N) is 1. The van der Waals surface area contributed by atoms with Gasteiger partial charge in [-0.05, 0) is 24.3 Å². The maximum atomic E-state index is 14.9. The Balaban J connectivity index is 1.65. The Labute approximate surface area is 182 Å². The highest BCUT2D eigenvalue weighted by Gasteiger charge is 2.32. The molecule has 0 aliphatic carbocycles. The summed E-state index contributed by atoms with van der Waals surface area (Å²) in [5.74, 6) is -1.87. The van der Waals surface area contributed by atoms with Gasteiger partial charge in [-0.25, -0.2) is 4.39 Å². The maximum Gasteiger partial charge on any atom is 0.314 e. The molecule has 3 aromatic rings. The number of nitrogens with zero attached hydrogens (tertiary/aromatic N) is 5. The van der Waals surface area contributed by atoms with Crippen molar-refractivity contribution in [3.8, 4) is 11.5 Å². The van der Waals surface area contributed by atoms with Crippen LogP contribution in [0, 0.1) is 5.82 Å². The fourth-order valence-corrected chi connectivity index (χ4v) is 4.82. The molecule has 1 aliphatic rings. The molecule has 0 saturated carbocycles. The van der Waals surface area contributed by atoms with Crippen LogP contribution >= 0.6 is 0 Å². The van der Waals surface area contributed by atoms with Crippen molar-refractivity contribution in [2.75, 3.05) is 30.5 Å². The van der Waals surface area contributed by atoms with E-state index in [9.17, 15) is 21.6 Å². The van der Waals surface area contributed by atoms with E-state index in [1.165, 1.54) is 28.8 Å². The molecule has 170 valence electrons. The molecule has 13 heteroatoms. The second-order valence-corrected chi connectivity index (χ2v) is 8.78. The van der Waals surface area contributed by atoms with E-state index >= 15 is 0 Å². The minimum atomic E-state index is -3.96. The highest BCUT2D eigenvalue weighted by Crippen LogP contribution is 2.27. The maximum absolute atomic E-state index is 14.9. The number of alkyl halides is 2. The van der Waals surface area contributed by atoms with Crippen LogP contribution in [-0.4, -0.2) is 54.1 Å². The van der Waals surface area contributed by atoms with Crippen LogP contribution < -0.4 is 9.62 Å². The predicted octanol–water partition coefficient (Wildman–Crippen LogP) is 2.36. The second-order valence-electron chi connectivity index (χ2n) is 6.93. The molecule has 1 saturated heterocycles. The summed E-state index contributed by atoms with van der Waals surface area (Å²) in [5.41, 5.74) is 0.460. The minimum Gasteiger partial charge on any atom is -0.415 e. The van der Waals surface area contributed by atoms with Gasteiger partial charge in [0.15, 0.2) is 0 Å². The molecular weight excluding hydrogens is 449 g/mol. The molecule has 0 radical (unpaired) electrons. The van der Waals surface area contributed by atoms with Gasteiger partial charge in [0.2, 0.25) is 5.89 Å².